The van der Waals surface area contributed by atoms with E-state index in [4.69, 9.17) is 37.9 Å². The molecule has 5 aromatic rings. The van der Waals surface area contributed by atoms with E-state index in [1.54, 1.807) is 0 Å². The molecule has 8 atom stereocenters. The lowest BCUT2D eigenvalue weighted by Gasteiger charge is -2.27. The molecule has 1 N–H and O–H groups in total. The van der Waals surface area contributed by atoms with E-state index in [2.05, 4.69) is 0 Å². The fourth-order valence-corrected chi connectivity index (χ4v) is 6.68. The zero-order chi connectivity index (χ0) is 36.8. The number of benzene rings is 5. The van der Waals surface area contributed by atoms with Crippen LogP contribution in [0, 0.1) is 0 Å². The summed E-state index contributed by atoms with van der Waals surface area (Å²) in [6.45, 7) is 2.01. The zero-order valence-corrected chi connectivity index (χ0v) is 30.2. The molecule has 0 aromatic heterocycles. The first-order valence-electron chi connectivity index (χ1n) is 18.5. The molecule has 2 aliphatic rings. The Bertz CT molecular complexity index is 1760. The maximum Gasteiger partial charge on any atom is 0.187 e. The van der Waals surface area contributed by atoms with Gasteiger partial charge in [0.05, 0.1) is 46.2 Å². The third-order valence-electron chi connectivity index (χ3n) is 9.51. The van der Waals surface area contributed by atoms with Crippen molar-refractivity contribution in [1.82, 2.24) is 0 Å². The van der Waals surface area contributed by atoms with Crippen molar-refractivity contribution in [2.45, 2.75) is 82.2 Å². The van der Waals surface area contributed by atoms with Crippen molar-refractivity contribution in [1.29, 1.82) is 0 Å². The van der Waals surface area contributed by atoms with Crippen molar-refractivity contribution in [2.75, 3.05) is 13.2 Å². The summed E-state index contributed by atoms with van der Waals surface area (Å²) >= 11 is 0. The van der Waals surface area contributed by atoms with Gasteiger partial charge in [-0.3, -0.25) is 0 Å². The lowest BCUT2D eigenvalue weighted by atomic mass is 10.1. The van der Waals surface area contributed by atoms with E-state index >= 15 is 0 Å². The molecule has 0 unspecified atom stereocenters. The average molecular weight is 733 g/mol. The highest BCUT2D eigenvalue weighted by molar-refractivity contribution is 5.17. The van der Waals surface area contributed by atoms with Crippen LogP contribution in [-0.4, -0.2) is 67.5 Å². The number of rotatable bonds is 19. The standard InChI is InChI=1S/C45H48O9/c46-44-42(50-29-36-22-12-4-13-23-36)40(48-27-34-18-8-2-9-19-34)39(53-44)32-52-45-43(51-30-37-24-14-5-15-25-37)41(49-28-35-20-10-3-11-21-35)38(54-45)31-47-26-33-16-6-1-7-17-33/h1-25,38-46H,26-32H2/t38-,39-,40-,41-,42+,43+,44+,45+/m1/s1. The van der Waals surface area contributed by atoms with Crippen molar-refractivity contribution < 1.29 is 43.0 Å². The Hall–Kier alpha value is -4.26. The summed E-state index contributed by atoms with van der Waals surface area (Å²) < 4.78 is 51.3. The summed E-state index contributed by atoms with van der Waals surface area (Å²) in [5.41, 5.74) is 5.07. The van der Waals surface area contributed by atoms with E-state index in [-0.39, 0.29) is 19.8 Å². The van der Waals surface area contributed by atoms with E-state index in [9.17, 15) is 5.11 Å². The van der Waals surface area contributed by atoms with Crippen molar-refractivity contribution in [2.24, 2.45) is 0 Å². The first-order chi connectivity index (χ1) is 26.7. The molecule has 2 heterocycles. The largest absolute Gasteiger partial charge is 0.374 e. The highest BCUT2D eigenvalue weighted by atomic mass is 16.7. The minimum Gasteiger partial charge on any atom is -0.374 e. The Balaban J connectivity index is 1.08. The van der Waals surface area contributed by atoms with Gasteiger partial charge in [-0.25, -0.2) is 0 Å². The molecule has 0 bridgehead atoms. The van der Waals surface area contributed by atoms with Crippen molar-refractivity contribution in [3.8, 4) is 0 Å². The third-order valence-corrected chi connectivity index (χ3v) is 9.51. The fraction of sp³-hybridized carbons (Fsp3) is 0.333. The van der Waals surface area contributed by atoms with Gasteiger partial charge in [0, 0.05) is 0 Å². The predicted molar refractivity (Wildman–Crippen MR) is 202 cm³/mol. The molecule has 2 saturated heterocycles. The van der Waals surface area contributed by atoms with Gasteiger partial charge in [-0.1, -0.05) is 152 Å². The molecule has 2 aliphatic heterocycles. The van der Waals surface area contributed by atoms with Gasteiger partial charge in [0.15, 0.2) is 12.6 Å². The Morgan fingerprint density at radius 1 is 0.370 bits per heavy atom. The Kier molecular flexibility index (Phi) is 14.0. The van der Waals surface area contributed by atoms with Gasteiger partial charge >= 0.3 is 0 Å². The molecule has 5 aromatic carbocycles. The van der Waals surface area contributed by atoms with Gasteiger partial charge in [0.1, 0.15) is 36.6 Å². The minimum absolute atomic E-state index is 0.0422. The predicted octanol–water partition coefficient (Wildman–Crippen LogP) is 7.00. The molecule has 0 amide bonds. The van der Waals surface area contributed by atoms with Crippen molar-refractivity contribution >= 4 is 0 Å². The lowest BCUT2D eigenvalue weighted by molar-refractivity contribution is -0.209. The molecule has 2 fully saturated rings. The monoisotopic (exact) mass is 732 g/mol. The fourth-order valence-electron chi connectivity index (χ4n) is 6.68. The highest BCUT2D eigenvalue weighted by Crippen LogP contribution is 2.33. The smallest absolute Gasteiger partial charge is 0.187 e. The number of hydrogen-bond acceptors (Lipinski definition) is 9. The molecule has 9 heteroatoms. The van der Waals surface area contributed by atoms with Crippen LogP contribution in [0.25, 0.3) is 0 Å². The Morgan fingerprint density at radius 2 is 0.722 bits per heavy atom. The summed E-state index contributed by atoms with van der Waals surface area (Å²) in [6, 6.07) is 49.7. The summed E-state index contributed by atoms with van der Waals surface area (Å²) in [5.74, 6) is 0. The quantitative estimate of drug-likeness (QED) is 0.0964. The van der Waals surface area contributed by atoms with Crippen LogP contribution < -0.4 is 0 Å². The number of hydrogen-bond donors (Lipinski definition) is 1. The molecule has 0 aliphatic carbocycles. The maximum absolute atomic E-state index is 11.1. The van der Waals surface area contributed by atoms with Crippen LogP contribution in [0.3, 0.4) is 0 Å². The molecule has 9 nitrogen and oxygen atoms in total. The van der Waals surface area contributed by atoms with Crippen LogP contribution in [0.1, 0.15) is 27.8 Å². The molecule has 54 heavy (non-hydrogen) atoms. The van der Waals surface area contributed by atoms with E-state index in [1.165, 1.54) is 0 Å². The summed E-state index contributed by atoms with van der Waals surface area (Å²) in [6.07, 6.45) is -5.73. The first kappa shape index (κ1) is 38.0. The zero-order valence-electron chi connectivity index (χ0n) is 30.2. The van der Waals surface area contributed by atoms with Crippen LogP contribution in [-0.2, 0) is 70.9 Å². The van der Waals surface area contributed by atoms with Crippen LogP contribution in [0.2, 0.25) is 0 Å². The van der Waals surface area contributed by atoms with E-state index in [0.29, 0.717) is 26.4 Å². The van der Waals surface area contributed by atoms with Gasteiger partial charge in [-0.2, -0.15) is 0 Å². The summed E-state index contributed by atoms with van der Waals surface area (Å²) in [5, 5.41) is 11.1. The highest BCUT2D eigenvalue weighted by Gasteiger charge is 2.50. The topological polar surface area (TPSA) is 94.1 Å². The maximum atomic E-state index is 11.1. The Morgan fingerprint density at radius 3 is 1.17 bits per heavy atom. The Labute approximate surface area is 317 Å². The van der Waals surface area contributed by atoms with Gasteiger partial charge < -0.3 is 43.0 Å². The molecule has 0 saturated carbocycles. The van der Waals surface area contributed by atoms with Crippen molar-refractivity contribution in [3.05, 3.63) is 179 Å². The molecular formula is C45H48O9. The molecule has 0 radical (unpaired) electrons. The third kappa shape index (κ3) is 10.7. The second-order valence-electron chi connectivity index (χ2n) is 13.5. The number of ether oxygens (including phenoxy) is 8. The van der Waals surface area contributed by atoms with Crippen LogP contribution >= 0.6 is 0 Å². The molecule has 282 valence electrons. The van der Waals surface area contributed by atoms with E-state index in [1.807, 2.05) is 152 Å². The van der Waals surface area contributed by atoms with Gasteiger partial charge in [0.2, 0.25) is 0 Å². The second-order valence-corrected chi connectivity index (χ2v) is 13.5. The van der Waals surface area contributed by atoms with E-state index < -0.39 is 49.2 Å². The molecule has 7 rings (SSSR count). The van der Waals surface area contributed by atoms with Gasteiger partial charge in [0.25, 0.3) is 0 Å². The summed E-state index contributed by atoms with van der Waals surface area (Å²) in [7, 11) is 0. The van der Waals surface area contributed by atoms with Gasteiger partial charge in [-0.05, 0) is 27.8 Å². The second kappa shape index (κ2) is 19.9. The van der Waals surface area contributed by atoms with Crippen molar-refractivity contribution in [3.63, 3.8) is 0 Å². The molecular weight excluding hydrogens is 684 g/mol. The van der Waals surface area contributed by atoms with Crippen LogP contribution in [0.15, 0.2) is 152 Å². The number of aliphatic hydroxyl groups is 1. The SMILES string of the molecule is O[C@H]1O[C@H](CO[C@H]2O[C@H](COCc3ccccc3)[C@@H](OCc3ccccc3)[C@@H]2OCc2ccccc2)[C@@H](OCc2ccccc2)[C@@H]1OCc1ccccc1. The molecule has 0 spiro atoms. The average Bonchev–Trinajstić information content (AvgIpc) is 3.72. The number of aliphatic hydroxyl groups excluding tert-OH is 1. The first-order valence-corrected chi connectivity index (χ1v) is 18.5. The summed E-state index contributed by atoms with van der Waals surface area (Å²) in [4.78, 5) is 0. The van der Waals surface area contributed by atoms with Gasteiger partial charge in [-0.15, -0.1) is 0 Å². The van der Waals surface area contributed by atoms with Crippen LogP contribution in [0.4, 0.5) is 0 Å². The van der Waals surface area contributed by atoms with E-state index in [0.717, 1.165) is 27.8 Å². The minimum atomic E-state index is -1.22. The van der Waals surface area contributed by atoms with Crippen LogP contribution in [0.5, 0.6) is 0 Å². The normalized spacial score (nSPS) is 25.2. The lowest BCUT2D eigenvalue weighted by Crippen LogP contribution is -2.42.